The van der Waals surface area contributed by atoms with Gasteiger partial charge in [-0.25, -0.2) is 0 Å². The van der Waals surface area contributed by atoms with Gasteiger partial charge in [0.25, 0.3) is 5.91 Å². The van der Waals surface area contributed by atoms with Crippen molar-refractivity contribution in [3.8, 4) is 6.07 Å². The van der Waals surface area contributed by atoms with Crippen molar-refractivity contribution in [3.63, 3.8) is 0 Å². The minimum atomic E-state index is -0.0831. The quantitative estimate of drug-likeness (QED) is 0.860. The van der Waals surface area contributed by atoms with Gasteiger partial charge in [0, 0.05) is 15.5 Å². The number of nitriles is 1. The SMILES string of the molecule is C[C@H]([NH2+]CC(=O)Nc1sc2c(c1C#N)CCC2)c1cccc(Cl)c1. The predicted octanol–water partition coefficient (Wildman–Crippen LogP) is 3.02. The van der Waals surface area contributed by atoms with Crippen LogP contribution in [0.15, 0.2) is 24.3 Å². The summed E-state index contributed by atoms with van der Waals surface area (Å²) in [6.07, 6.45) is 3.07. The predicted molar refractivity (Wildman–Crippen MR) is 96.3 cm³/mol. The van der Waals surface area contributed by atoms with Crippen LogP contribution in [-0.4, -0.2) is 12.5 Å². The molecule has 0 saturated heterocycles. The summed E-state index contributed by atoms with van der Waals surface area (Å²) in [5, 5.41) is 15.6. The number of carbonyl (C=O) groups is 1. The minimum Gasteiger partial charge on any atom is -0.333 e. The number of amides is 1. The molecule has 1 aromatic carbocycles. The summed E-state index contributed by atoms with van der Waals surface area (Å²) in [4.78, 5) is 13.5. The van der Waals surface area contributed by atoms with E-state index in [9.17, 15) is 10.1 Å². The third-order valence-electron chi connectivity index (χ3n) is 4.32. The lowest BCUT2D eigenvalue weighted by Crippen LogP contribution is -2.86. The van der Waals surface area contributed by atoms with Crippen LogP contribution in [0.3, 0.4) is 0 Å². The molecule has 4 nitrogen and oxygen atoms in total. The molecule has 1 aromatic heterocycles. The largest absolute Gasteiger partial charge is 0.333 e. The smallest absolute Gasteiger partial charge is 0.280 e. The molecule has 3 N–H and O–H groups in total. The van der Waals surface area contributed by atoms with Crippen molar-refractivity contribution in [1.29, 1.82) is 5.26 Å². The Morgan fingerprint density at radius 3 is 3.08 bits per heavy atom. The van der Waals surface area contributed by atoms with E-state index in [2.05, 4.69) is 11.4 Å². The maximum Gasteiger partial charge on any atom is 0.280 e. The van der Waals surface area contributed by atoms with Crippen molar-refractivity contribution in [2.75, 3.05) is 11.9 Å². The summed E-state index contributed by atoms with van der Waals surface area (Å²) in [7, 11) is 0. The Balaban J connectivity index is 1.60. The van der Waals surface area contributed by atoms with Gasteiger partial charge in [0.05, 0.1) is 5.56 Å². The van der Waals surface area contributed by atoms with E-state index in [-0.39, 0.29) is 11.9 Å². The van der Waals surface area contributed by atoms with Crippen LogP contribution in [0.1, 0.15) is 41.0 Å². The number of fused-ring (bicyclic) bond motifs is 1. The van der Waals surface area contributed by atoms with Crippen LogP contribution in [0, 0.1) is 11.3 Å². The molecular weight excluding hydrogens is 342 g/mol. The van der Waals surface area contributed by atoms with Gasteiger partial charge >= 0.3 is 0 Å². The molecule has 2 aromatic rings. The lowest BCUT2D eigenvalue weighted by Gasteiger charge is -2.11. The summed E-state index contributed by atoms with van der Waals surface area (Å²) in [5.74, 6) is -0.0831. The van der Waals surface area contributed by atoms with Gasteiger partial charge in [0.1, 0.15) is 17.1 Å². The number of benzene rings is 1. The number of nitrogens with zero attached hydrogens (tertiary/aromatic N) is 1. The first-order chi connectivity index (χ1) is 11.6. The first-order valence-electron chi connectivity index (χ1n) is 8.01. The number of anilines is 1. The monoisotopic (exact) mass is 360 g/mol. The highest BCUT2D eigenvalue weighted by Crippen LogP contribution is 2.38. The molecule has 24 heavy (non-hydrogen) atoms. The van der Waals surface area contributed by atoms with Gasteiger partial charge in [-0.2, -0.15) is 5.26 Å². The van der Waals surface area contributed by atoms with E-state index in [0.29, 0.717) is 22.1 Å². The van der Waals surface area contributed by atoms with Crippen molar-refractivity contribution in [2.24, 2.45) is 0 Å². The number of carbonyl (C=O) groups excluding carboxylic acids is 1. The molecule has 1 atom stereocenters. The Labute approximate surface area is 150 Å². The lowest BCUT2D eigenvalue weighted by molar-refractivity contribution is -0.682. The van der Waals surface area contributed by atoms with Crippen LogP contribution in [0.5, 0.6) is 0 Å². The zero-order chi connectivity index (χ0) is 17.1. The molecule has 1 amide bonds. The van der Waals surface area contributed by atoms with Crippen molar-refractivity contribution in [2.45, 2.75) is 32.2 Å². The molecule has 0 unspecified atom stereocenters. The van der Waals surface area contributed by atoms with Crippen molar-refractivity contribution >= 4 is 33.8 Å². The highest BCUT2D eigenvalue weighted by molar-refractivity contribution is 7.16. The first-order valence-corrected chi connectivity index (χ1v) is 9.21. The van der Waals surface area contributed by atoms with Crippen molar-refractivity contribution in [3.05, 3.63) is 50.9 Å². The Kier molecular flexibility index (Phi) is 5.20. The lowest BCUT2D eigenvalue weighted by atomic mass is 10.1. The van der Waals surface area contributed by atoms with Crippen molar-refractivity contribution < 1.29 is 10.1 Å². The average Bonchev–Trinajstić information content (AvgIpc) is 3.13. The van der Waals surface area contributed by atoms with Crippen LogP contribution >= 0.6 is 22.9 Å². The number of halogens is 1. The van der Waals surface area contributed by atoms with Gasteiger partial charge < -0.3 is 10.6 Å². The fraction of sp³-hybridized carbons (Fsp3) is 0.333. The number of aryl methyl sites for hydroxylation is 1. The molecular formula is C18H19ClN3OS+. The molecule has 124 valence electrons. The molecule has 0 spiro atoms. The zero-order valence-corrected chi connectivity index (χ0v) is 15.0. The normalized spacial score (nSPS) is 14.0. The van der Waals surface area contributed by atoms with Crippen LogP contribution < -0.4 is 10.6 Å². The molecule has 0 radical (unpaired) electrons. The molecule has 1 heterocycles. The number of hydrogen-bond acceptors (Lipinski definition) is 3. The van der Waals surface area contributed by atoms with Gasteiger partial charge in [-0.1, -0.05) is 23.7 Å². The van der Waals surface area contributed by atoms with E-state index < -0.39 is 0 Å². The van der Waals surface area contributed by atoms with Crippen LogP contribution in [0.2, 0.25) is 5.02 Å². The third-order valence-corrected chi connectivity index (χ3v) is 5.76. The minimum absolute atomic E-state index is 0.0831. The van der Waals surface area contributed by atoms with E-state index >= 15 is 0 Å². The Morgan fingerprint density at radius 1 is 1.50 bits per heavy atom. The Hall–Kier alpha value is -1.87. The summed E-state index contributed by atoms with van der Waals surface area (Å²) >= 11 is 7.55. The highest BCUT2D eigenvalue weighted by atomic mass is 35.5. The molecule has 0 saturated carbocycles. The van der Waals surface area contributed by atoms with Crippen LogP contribution in [0.4, 0.5) is 5.00 Å². The Morgan fingerprint density at radius 2 is 2.33 bits per heavy atom. The summed E-state index contributed by atoms with van der Waals surface area (Å²) in [6, 6.07) is 10.1. The van der Waals surface area contributed by atoms with Crippen LogP contribution in [-0.2, 0) is 17.6 Å². The fourth-order valence-electron chi connectivity index (χ4n) is 3.00. The number of hydrogen-bond donors (Lipinski definition) is 2. The van der Waals surface area contributed by atoms with E-state index in [1.807, 2.05) is 36.5 Å². The molecule has 0 aliphatic heterocycles. The number of rotatable bonds is 5. The summed E-state index contributed by atoms with van der Waals surface area (Å²) < 4.78 is 0. The maximum absolute atomic E-state index is 12.2. The van der Waals surface area contributed by atoms with Gasteiger partial charge in [0.2, 0.25) is 0 Å². The molecule has 1 aliphatic rings. The topological polar surface area (TPSA) is 69.5 Å². The van der Waals surface area contributed by atoms with Crippen molar-refractivity contribution in [1.82, 2.24) is 0 Å². The first kappa shape index (κ1) is 17.0. The molecule has 0 bridgehead atoms. The van der Waals surface area contributed by atoms with E-state index in [1.54, 1.807) is 11.3 Å². The van der Waals surface area contributed by atoms with Gasteiger partial charge in [-0.05, 0) is 43.9 Å². The van der Waals surface area contributed by atoms with E-state index in [0.717, 1.165) is 30.4 Å². The second kappa shape index (κ2) is 7.35. The summed E-state index contributed by atoms with van der Waals surface area (Å²) in [5.41, 5.74) is 2.88. The number of nitrogens with one attached hydrogen (secondary N) is 1. The molecule has 3 rings (SSSR count). The second-order valence-corrected chi connectivity index (χ2v) is 7.55. The van der Waals surface area contributed by atoms with E-state index in [1.165, 1.54) is 4.88 Å². The molecule has 0 fully saturated rings. The molecule has 1 aliphatic carbocycles. The van der Waals surface area contributed by atoms with E-state index in [4.69, 9.17) is 11.6 Å². The molecule has 6 heteroatoms. The van der Waals surface area contributed by atoms with Gasteiger partial charge in [0.15, 0.2) is 6.54 Å². The summed E-state index contributed by atoms with van der Waals surface area (Å²) in [6.45, 7) is 2.35. The standard InChI is InChI=1S/C18H18ClN3OS/c1-11(12-4-2-5-13(19)8-12)21-10-17(23)22-18-15(9-20)14-6-3-7-16(14)24-18/h2,4-5,8,11,21H,3,6-7,10H2,1H3,(H,22,23)/p+1/t11-/m0/s1. The number of quaternary nitrogens is 1. The zero-order valence-electron chi connectivity index (χ0n) is 13.4. The maximum atomic E-state index is 12.2. The Bertz CT molecular complexity index is 809. The van der Waals surface area contributed by atoms with Crippen LogP contribution in [0.25, 0.3) is 0 Å². The highest BCUT2D eigenvalue weighted by Gasteiger charge is 2.23. The average molecular weight is 361 g/mol. The number of nitrogens with two attached hydrogens (primary N) is 1. The third kappa shape index (κ3) is 3.62. The van der Waals surface area contributed by atoms with Gasteiger partial charge in [-0.15, -0.1) is 11.3 Å². The van der Waals surface area contributed by atoms with Gasteiger partial charge in [-0.3, -0.25) is 4.79 Å². The second-order valence-electron chi connectivity index (χ2n) is 6.00. The fourth-order valence-corrected chi connectivity index (χ4v) is 4.45. The number of thiophene rings is 1.